The minimum absolute atomic E-state index is 0.0317. The summed E-state index contributed by atoms with van der Waals surface area (Å²) in [5.41, 5.74) is 0.140. The lowest BCUT2D eigenvalue weighted by Crippen LogP contribution is -2.45. The molecular weight excluding hydrogens is 222 g/mol. The van der Waals surface area contributed by atoms with Crippen LogP contribution in [0.3, 0.4) is 0 Å². The van der Waals surface area contributed by atoms with Crippen molar-refractivity contribution >= 4 is 10.0 Å². The fourth-order valence-corrected chi connectivity index (χ4v) is 3.10. The molecule has 0 saturated carbocycles. The van der Waals surface area contributed by atoms with Gasteiger partial charge in [0, 0.05) is 13.1 Å². The molecule has 0 aromatic rings. The van der Waals surface area contributed by atoms with Crippen molar-refractivity contribution in [3.63, 3.8) is 0 Å². The Bertz CT molecular complexity index is 320. The highest BCUT2D eigenvalue weighted by Crippen LogP contribution is 2.27. The highest BCUT2D eigenvalue weighted by Gasteiger charge is 2.36. The van der Waals surface area contributed by atoms with Gasteiger partial charge >= 0.3 is 0 Å². The molecule has 98 valence electrons. The first-order chi connectivity index (χ1) is 6.79. The zero-order valence-corrected chi connectivity index (χ0v) is 12.8. The third kappa shape index (κ3) is 4.06. The quantitative estimate of drug-likeness (QED) is 0.771. The molecule has 0 aromatic heterocycles. The summed E-state index contributed by atoms with van der Waals surface area (Å²) in [5.74, 6) is 0. The normalized spacial score (nSPS) is 16.6. The van der Waals surface area contributed by atoms with Crippen LogP contribution in [0.5, 0.6) is 0 Å². The van der Waals surface area contributed by atoms with E-state index in [4.69, 9.17) is 0 Å². The molecule has 4 heteroatoms. The Labute approximate surface area is 101 Å². The maximum absolute atomic E-state index is 12.2. The van der Waals surface area contributed by atoms with Crippen molar-refractivity contribution in [1.29, 1.82) is 0 Å². The van der Waals surface area contributed by atoms with Crippen molar-refractivity contribution < 1.29 is 8.42 Å². The Kier molecular flexibility index (Phi) is 4.62. The van der Waals surface area contributed by atoms with E-state index in [-0.39, 0.29) is 11.5 Å². The lowest BCUT2D eigenvalue weighted by atomic mass is 9.89. The van der Waals surface area contributed by atoms with E-state index < -0.39 is 14.8 Å². The van der Waals surface area contributed by atoms with E-state index in [1.165, 1.54) is 4.31 Å². The van der Waals surface area contributed by atoms with Crippen LogP contribution in [0.25, 0.3) is 0 Å². The Morgan fingerprint density at radius 1 is 1.06 bits per heavy atom. The van der Waals surface area contributed by atoms with Crippen molar-refractivity contribution in [2.45, 2.75) is 65.7 Å². The first kappa shape index (κ1) is 15.9. The van der Waals surface area contributed by atoms with Crippen LogP contribution in [-0.2, 0) is 10.0 Å². The largest absolute Gasteiger partial charge is 0.219 e. The van der Waals surface area contributed by atoms with Crippen LogP contribution in [0.2, 0.25) is 0 Å². The Balaban J connectivity index is 4.89. The molecule has 1 atom stereocenters. The average molecular weight is 249 g/mol. The summed E-state index contributed by atoms with van der Waals surface area (Å²) in [6, 6.07) is 0.0317. The number of sulfonamides is 1. The fraction of sp³-hybridized carbons (Fsp3) is 1.00. The second-order valence-electron chi connectivity index (χ2n) is 6.75. The molecule has 0 aliphatic rings. The Morgan fingerprint density at radius 2 is 1.44 bits per heavy atom. The summed E-state index contributed by atoms with van der Waals surface area (Å²) in [5, 5.41) is 0. The minimum Gasteiger partial charge on any atom is -0.212 e. The third-order valence-electron chi connectivity index (χ3n) is 2.68. The van der Waals surface area contributed by atoms with Gasteiger partial charge in [0.15, 0.2) is 0 Å². The topological polar surface area (TPSA) is 37.4 Å². The summed E-state index contributed by atoms with van der Waals surface area (Å²) >= 11 is 0. The molecular formula is C12H27NO2S. The van der Waals surface area contributed by atoms with Crippen LogP contribution < -0.4 is 0 Å². The minimum atomic E-state index is -3.21. The van der Waals surface area contributed by atoms with Gasteiger partial charge in [-0.1, -0.05) is 20.8 Å². The van der Waals surface area contributed by atoms with E-state index in [0.717, 1.165) is 6.42 Å². The van der Waals surface area contributed by atoms with Gasteiger partial charge in [0.25, 0.3) is 0 Å². The van der Waals surface area contributed by atoms with Gasteiger partial charge in [0.2, 0.25) is 10.0 Å². The second kappa shape index (κ2) is 4.65. The smallest absolute Gasteiger partial charge is 0.212 e. The lowest BCUT2D eigenvalue weighted by Gasteiger charge is -2.34. The highest BCUT2D eigenvalue weighted by atomic mass is 32.2. The standard InChI is InChI=1S/C12H27NO2S/c1-10(9-11(2,3)4)13(8)16(14,15)12(5,6)7/h10H,9H2,1-8H3/t10-/m0/s1. The van der Waals surface area contributed by atoms with Crippen molar-refractivity contribution in [2.24, 2.45) is 5.41 Å². The molecule has 0 saturated heterocycles. The van der Waals surface area contributed by atoms with Crippen LogP contribution in [0.1, 0.15) is 54.9 Å². The maximum atomic E-state index is 12.2. The van der Waals surface area contributed by atoms with Crippen molar-refractivity contribution in [1.82, 2.24) is 4.31 Å². The molecule has 0 rings (SSSR count). The molecule has 0 heterocycles. The van der Waals surface area contributed by atoms with Gasteiger partial charge in [-0.05, 0) is 39.5 Å². The van der Waals surface area contributed by atoms with E-state index in [9.17, 15) is 8.42 Å². The van der Waals surface area contributed by atoms with Crippen LogP contribution >= 0.6 is 0 Å². The van der Waals surface area contributed by atoms with E-state index in [1.54, 1.807) is 27.8 Å². The van der Waals surface area contributed by atoms with Gasteiger partial charge in [-0.15, -0.1) is 0 Å². The Morgan fingerprint density at radius 3 is 1.69 bits per heavy atom. The summed E-state index contributed by atoms with van der Waals surface area (Å²) < 4.78 is 25.2. The number of hydrogen-bond acceptors (Lipinski definition) is 2. The molecule has 0 radical (unpaired) electrons. The molecule has 16 heavy (non-hydrogen) atoms. The first-order valence-corrected chi connectivity index (χ1v) is 7.20. The molecule has 0 aromatic carbocycles. The molecule has 0 aliphatic heterocycles. The molecule has 0 bridgehead atoms. The monoisotopic (exact) mass is 249 g/mol. The van der Waals surface area contributed by atoms with Crippen LogP contribution in [0, 0.1) is 5.41 Å². The molecule has 0 aliphatic carbocycles. The van der Waals surface area contributed by atoms with Crippen molar-refractivity contribution in [2.75, 3.05) is 7.05 Å². The number of hydrogen-bond donors (Lipinski definition) is 0. The highest BCUT2D eigenvalue weighted by molar-refractivity contribution is 7.90. The van der Waals surface area contributed by atoms with Gasteiger partial charge in [-0.2, -0.15) is 0 Å². The van der Waals surface area contributed by atoms with Gasteiger partial charge in [-0.25, -0.2) is 12.7 Å². The van der Waals surface area contributed by atoms with Crippen LogP contribution in [-0.4, -0.2) is 30.6 Å². The summed E-state index contributed by atoms with van der Waals surface area (Å²) in [6.45, 7) is 13.6. The predicted octanol–water partition coefficient (Wildman–Crippen LogP) is 2.87. The SMILES string of the molecule is C[C@@H](CC(C)(C)C)N(C)S(=O)(=O)C(C)(C)C. The summed E-state index contributed by atoms with van der Waals surface area (Å²) in [6.07, 6.45) is 0.860. The lowest BCUT2D eigenvalue weighted by molar-refractivity contribution is 0.264. The summed E-state index contributed by atoms with van der Waals surface area (Å²) in [7, 11) is -1.54. The van der Waals surface area contributed by atoms with Crippen LogP contribution in [0.4, 0.5) is 0 Å². The molecule has 0 amide bonds. The first-order valence-electron chi connectivity index (χ1n) is 5.76. The van der Waals surface area contributed by atoms with E-state index in [1.807, 2.05) is 6.92 Å². The van der Waals surface area contributed by atoms with Gasteiger partial charge in [0.1, 0.15) is 0 Å². The maximum Gasteiger partial charge on any atom is 0.219 e. The fourth-order valence-electron chi connectivity index (χ4n) is 1.68. The molecule has 0 fully saturated rings. The molecule has 0 unspecified atom stereocenters. The molecule has 0 N–H and O–H groups in total. The zero-order valence-electron chi connectivity index (χ0n) is 12.0. The van der Waals surface area contributed by atoms with Gasteiger partial charge in [-0.3, -0.25) is 0 Å². The number of rotatable bonds is 3. The zero-order chi connectivity index (χ0) is 13.4. The van der Waals surface area contributed by atoms with E-state index in [2.05, 4.69) is 20.8 Å². The van der Waals surface area contributed by atoms with E-state index in [0.29, 0.717) is 0 Å². The van der Waals surface area contributed by atoms with Crippen molar-refractivity contribution in [3.05, 3.63) is 0 Å². The molecule has 0 spiro atoms. The molecule has 3 nitrogen and oxygen atoms in total. The van der Waals surface area contributed by atoms with Crippen molar-refractivity contribution in [3.8, 4) is 0 Å². The third-order valence-corrected chi connectivity index (χ3v) is 5.35. The number of nitrogens with zero attached hydrogens (tertiary/aromatic N) is 1. The van der Waals surface area contributed by atoms with Gasteiger partial charge < -0.3 is 0 Å². The second-order valence-corrected chi connectivity index (χ2v) is 9.50. The van der Waals surface area contributed by atoms with E-state index >= 15 is 0 Å². The van der Waals surface area contributed by atoms with Crippen LogP contribution in [0.15, 0.2) is 0 Å². The average Bonchev–Trinajstić information content (AvgIpc) is 1.97. The predicted molar refractivity (Wildman–Crippen MR) is 70.0 cm³/mol. The summed E-state index contributed by atoms with van der Waals surface area (Å²) in [4.78, 5) is 0. The Hall–Kier alpha value is -0.0900. The van der Waals surface area contributed by atoms with Gasteiger partial charge in [0.05, 0.1) is 4.75 Å².